The number of hydrogen-bond acceptors (Lipinski definition) is 5. The van der Waals surface area contributed by atoms with Crippen molar-refractivity contribution in [2.75, 3.05) is 6.61 Å². The van der Waals surface area contributed by atoms with Crippen molar-refractivity contribution in [3.05, 3.63) is 49.9 Å². The van der Waals surface area contributed by atoms with Gasteiger partial charge in [-0.2, -0.15) is 5.10 Å². The average Bonchev–Trinajstić information content (AvgIpc) is 2.60. The molecule has 0 atom stereocenters. The molecule has 1 amide bonds. The molecule has 0 aromatic heterocycles. The van der Waals surface area contributed by atoms with Crippen molar-refractivity contribution in [3.8, 4) is 17.2 Å². The van der Waals surface area contributed by atoms with Crippen LogP contribution >= 0.6 is 31.9 Å². The van der Waals surface area contributed by atoms with Gasteiger partial charge in [0.2, 0.25) is 0 Å². The largest absolute Gasteiger partial charge is 0.508 e. The summed E-state index contributed by atoms with van der Waals surface area (Å²) in [6.07, 6.45) is 1.28. The molecule has 6 nitrogen and oxygen atoms in total. The zero-order valence-electron chi connectivity index (χ0n) is 15.1. The maximum absolute atomic E-state index is 12.0. The van der Waals surface area contributed by atoms with E-state index in [2.05, 4.69) is 42.4 Å². The number of phenols is 2. The number of hydrogen-bond donors (Lipinski definition) is 3. The lowest BCUT2D eigenvalue weighted by atomic mass is 10.0. The molecule has 0 aliphatic heterocycles. The molecule has 0 fully saturated rings. The Hall–Kier alpha value is -2.06. The smallest absolute Gasteiger partial charge is 0.277 e. The van der Waals surface area contributed by atoms with Gasteiger partial charge in [-0.05, 0) is 58.1 Å². The summed E-state index contributed by atoms with van der Waals surface area (Å²) < 4.78 is 7.50. The van der Waals surface area contributed by atoms with Crippen molar-refractivity contribution < 1.29 is 19.7 Å². The molecule has 0 unspecified atom stereocenters. The van der Waals surface area contributed by atoms with Gasteiger partial charge in [0.05, 0.1) is 10.7 Å². The van der Waals surface area contributed by atoms with E-state index in [1.54, 1.807) is 0 Å². The number of carbonyl (C=O) groups is 1. The molecule has 2 rings (SSSR count). The van der Waals surface area contributed by atoms with Gasteiger partial charge in [0.25, 0.3) is 5.91 Å². The van der Waals surface area contributed by atoms with Crippen LogP contribution in [0.1, 0.15) is 36.5 Å². The highest BCUT2D eigenvalue weighted by Crippen LogP contribution is 2.40. The number of rotatable bonds is 6. The van der Waals surface area contributed by atoms with Gasteiger partial charge in [-0.3, -0.25) is 4.79 Å². The number of amides is 1. The highest BCUT2D eigenvalue weighted by atomic mass is 79.9. The normalized spacial score (nSPS) is 11.2. The van der Waals surface area contributed by atoms with E-state index in [-0.39, 0.29) is 24.0 Å². The van der Waals surface area contributed by atoms with Gasteiger partial charge in [0.15, 0.2) is 6.61 Å². The highest BCUT2D eigenvalue weighted by molar-refractivity contribution is 9.11. The summed E-state index contributed by atoms with van der Waals surface area (Å²) in [5.74, 6) is 0.206. The number of hydrazone groups is 1. The topological polar surface area (TPSA) is 91.2 Å². The van der Waals surface area contributed by atoms with Crippen LogP contribution in [0.25, 0.3) is 0 Å². The summed E-state index contributed by atoms with van der Waals surface area (Å²) in [5, 5.41) is 22.7. The Kier molecular flexibility index (Phi) is 7.26. The minimum absolute atomic E-state index is 0.0570. The Balaban J connectivity index is 2.03. The Morgan fingerprint density at radius 3 is 2.63 bits per heavy atom. The van der Waals surface area contributed by atoms with Crippen molar-refractivity contribution in [2.24, 2.45) is 5.10 Å². The molecule has 2 aromatic rings. The number of nitrogens with zero attached hydrogens (tertiary/aromatic N) is 1. The lowest BCUT2D eigenvalue weighted by molar-refractivity contribution is -0.123. The van der Waals surface area contributed by atoms with Gasteiger partial charge < -0.3 is 14.9 Å². The Bertz CT molecular complexity index is 882. The average molecular weight is 500 g/mol. The molecule has 0 aliphatic carbocycles. The SMILES string of the molecule is Cc1c(Br)cc(C(C)C)c(OCC(=O)N/N=C\c2ccc(O)cc2O)c1Br. The zero-order valence-corrected chi connectivity index (χ0v) is 18.3. The first-order valence-corrected chi connectivity index (χ1v) is 9.74. The van der Waals surface area contributed by atoms with Crippen LogP contribution in [0, 0.1) is 6.92 Å². The number of halogens is 2. The predicted octanol–water partition coefficient (Wildman–Crippen LogP) is 4.58. The second-order valence-corrected chi connectivity index (χ2v) is 7.84. The van der Waals surface area contributed by atoms with Gasteiger partial charge in [-0.1, -0.05) is 29.8 Å². The molecule has 8 heteroatoms. The number of phenolic OH excluding ortho intramolecular Hbond substituents is 2. The maximum Gasteiger partial charge on any atom is 0.277 e. The maximum atomic E-state index is 12.0. The van der Waals surface area contributed by atoms with Gasteiger partial charge in [0.1, 0.15) is 17.2 Å². The monoisotopic (exact) mass is 498 g/mol. The van der Waals surface area contributed by atoms with Crippen LogP contribution in [0.3, 0.4) is 0 Å². The first-order chi connectivity index (χ1) is 12.7. The van der Waals surface area contributed by atoms with E-state index >= 15 is 0 Å². The number of benzene rings is 2. The minimum atomic E-state index is -0.438. The molecule has 0 heterocycles. The summed E-state index contributed by atoms with van der Waals surface area (Å²) >= 11 is 7.06. The van der Waals surface area contributed by atoms with Crippen LogP contribution in [0.5, 0.6) is 17.2 Å². The van der Waals surface area contributed by atoms with Crippen LogP contribution in [0.2, 0.25) is 0 Å². The number of ether oxygens (including phenoxy) is 1. The molecule has 2 aromatic carbocycles. The molecule has 3 N–H and O–H groups in total. The third-order valence-electron chi connectivity index (χ3n) is 3.81. The lowest BCUT2D eigenvalue weighted by Crippen LogP contribution is -2.25. The molecule has 0 saturated carbocycles. The minimum Gasteiger partial charge on any atom is -0.508 e. The van der Waals surface area contributed by atoms with Gasteiger partial charge in [-0.25, -0.2) is 5.43 Å². The fourth-order valence-electron chi connectivity index (χ4n) is 2.27. The van der Waals surface area contributed by atoms with Crippen molar-refractivity contribution in [3.63, 3.8) is 0 Å². The highest BCUT2D eigenvalue weighted by Gasteiger charge is 2.17. The quantitative estimate of drug-likeness (QED) is 0.400. The van der Waals surface area contributed by atoms with E-state index in [4.69, 9.17) is 4.74 Å². The standard InChI is InChI=1S/C19H20Br2N2O4/c1-10(2)14-7-15(20)11(3)18(21)19(14)27-9-17(26)23-22-8-12-4-5-13(24)6-16(12)25/h4-8,10,24-25H,9H2,1-3H3,(H,23,26)/b22-8-. The van der Waals surface area contributed by atoms with E-state index in [1.807, 2.05) is 26.8 Å². The first-order valence-electron chi connectivity index (χ1n) is 8.15. The number of aromatic hydroxyl groups is 2. The van der Waals surface area contributed by atoms with E-state index < -0.39 is 5.91 Å². The molecule has 144 valence electrons. The molecule has 0 spiro atoms. The van der Waals surface area contributed by atoms with E-state index in [9.17, 15) is 15.0 Å². The summed E-state index contributed by atoms with van der Waals surface area (Å²) in [6, 6.07) is 6.07. The Morgan fingerprint density at radius 1 is 1.30 bits per heavy atom. The third-order valence-corrected chi connectivity index (χ3v) is 5.59. The molecule has 0 bridgehead atoms. The summed E-state index contributed by atoms with van der Waals surface area (Å²) in [7, 11) is 0. The number of carbonyl (C=O) groups excluding carboxylic acids is 1. The number of nitrogens with one attached hydrogen (secondary N) is 1. The molecule has 27 heavy (non-hydrogen) atoms. The fraction of sp³-hybridized carbons (Fsp3) is 0.263. The van der Waals surface area contributed by atoms with Crippen molar-refractivity contribution >= 4 is 44.0 Å². The van der Waals surface area contributed by atoms with Crippen LogP contribution < -0.4 is 10.2 Å². The van der Waals surface area contributed by atoms with Crippen molar-refractivity contribution in [1.82, 2.24) is 5.43 Å². The second-order valence-electron chi connectivity index (χ2n) is 6.20. The van der Waals surface area contributed by atoms with E-state index in [0.29, 0.717) is 11.3 Å². The predicted molar refractivity (Wildman–Crippen MR) is 112 cm³/mol. The van der Waals surface area contributed by atoms with Crippen LogP contribution in [-0.2, 0) is 4.79 Å². The third kappa shape index (κ3) is 5.46. The molecule has 0 radical (unpaired) electrons. The summed E-state index contributed by atoms with van der Waals surface area (Å²) in [5.41, 5.74) is 4.67. The first kappa shape index (κ1) is 21.2. The second kappa shape index (κ2) is 9.23. The van der Waals surface area contributed by atoms with Gasteiger partial charge >= 0.3 is 0 Å². The van der Waals surface area contributed by atoms with E-state index in [1.165, 1.54) is 24.4 Å². The lowest BCUT2D eigenvalue weighted by Gasteiger charge is -2.18. The fourth-order valence-corrected chi connectivity index (χ4v) is 3.54. The Labute approximate surface area is 174 Å². The summed E-state index contributed by atoms with van der Waals surface area (Å²) in [6.45, 7) is 5.83. The van der Waals surface area contributed by atoms with Crippen molar-refractivity contribution in [1.29, 1.82) is 0 Å². The van der Waals surface area contributed by atoms with Gasteiger partial charge in [0, 0.05) is 16.1 Å². The van der Waals surface area contributed by atoms with E-state index in [0.717, 1.165) is 20.1 Å². The van der Waals surface area contributed by atoms with Crippen LogP contribution in [0.4, 0.5) is 0 Å². The molecule has 0 saturated heterocycles. The van der Waals surface area contributed by atoms with Gasteiger partial charge in [-0.15, -0.1) is 0 Å². The zero-order chi connectivity index (χ0) is 20.1. The van der Waals surface area contributed by atoms with Crippen molar-refractivity contribution in [2.45, 2.75) is 26.7 Å². The summed E-state index contributed by atoms with van der Waals surface area (Å²) in [4.78, 5) is 12.0. The Morgan fingerprint density at radius 2 is 2.00 bits per heavy atom. The molecular weight excluding hydrogens is 480 g/mol. The molecule has 0 aliphatic rings. The van der Waals surface area contributed by atoms with Crippen LogP contribution in [0.15, 0.2) is 38.3 Å². The molecular formula is C19H20Br2N2O4. The van der Waals surface area contributed by atoms with Crippen LogP contribution in [-0.4, -0.2) is 28.9 Å².